The van der Waals surface area contributed by atoms with Gasteiger partial charge in [0.1, 0.15) is 16.9 Å². The van der Waals surface area contributed by atoms with E-state index in [1.807, 2.05) is 32.9 Å². The molecule has 3 N–H and O–H groups in total. The second-order valence-corrected chi connectivity index (χ2v) is 10.7. The number of aromatic amines is 1. The number of carbonyl (C=O) groups excluding carboxylic acids is 2. The predicted molar refractivity (Wildman–Crippen MR) is 125 cm³/mol. The molecule has 4 heterocycles. The fourth-order valence-corrected chi connectivity index (χ4v) is 5.61. The molecule has 3 aliphatic heterocycles. The highest BCUT2D eigenvalue weighted by atomic mass is 16.6. The van der Waals surface area contributed by atoms with Crippen LogP contribution in [0.2, 0.25) is 0 Å². The van der Waals surface area contributed by atoms with Gasteiger partial charge < -0.3 is 20.4 Å². The van der Waals surface area contributed by atoms with Crippen LogP contribution in [0.4, 0.5) is 4.79 Å². The van der Waals surface area contributed by atoms with E-state index in [0.29, 0.717) is 30.1 Å². The molecule has 6 rings (SSSR count). The summed E-state index contributed by atoms with van der Waals surface area (Å²) in [5.41, 5.74) is 7.03. The number of rotatable bonds is 5. The Balaban J connectivity index is 1.21. The second kappa shape index (κ2) is 7.99. The van der Waals surface area contributed by atoms with Crippen LogP contribution in [0.15, 0.2) is 18.2 Å². The minimum absolute atomic E-state index is 0.0725. The highest BCUT2D eigenvalue weighted by molar-refractivity contribution is 6.04. The maximum Gasteiger partial charge on any atom is 0.410 e. The monoisotopic (exact) mass is 454 g/mol. The van der Waals surface area contributed by atoms with Crippen molar-refractivity contribution >= 4 is 23.0 Å². The number of hydrogen-bond donors (Lipinski definition) is 2. The van der Waals surface area contributed by atoms with Crippen LogP contribution in [0.25, 0.3) is 11.0 Å². The number of benzene rings is 1. The number of amides is 2. The molecule has 9 heteroatoms. The maximum atomic E-state index is 12.3. The van der Waals surface area contributed by atoms with E-state index in [2.05, 4.69) is 14.8 Å². The summed E-state index contributed by atoms with van der Waals surface area (Å²) in [4.78, 5) is 39.3. The van der Waals surface area contributed by atoms with E-state index in [9.17, 15) is 9.59 Å². The number of aromatic nitrogens is 2. The van der Waals surface area contributed by atoms with Crippen LogP contribution >= 0.6 is 0 Å². The first kappa shape index (κ1) is 22.2. The summed E-state index contributed by atoms with van der Waals surface area (Å²) >= 11 is 0. The molecule has 9 nitrogen and oxygen atoms in total. The highest BCUT2D eigenvalue weighted by Gasteiger charge is 2.58. The van der Waals surface area contributed by atoms with Gasteiger partial charge in [0.05, 0.1) is 16.6 Å². The van der Waals surface area contributed by atoms with E-state index in [-0.39, 0.29) is 11.6 Å². The van der Waals surface area contributed by atoms with Crippen molar-refractivity contribution in [2.24, 2.45) is 11.7 Å². The van der Waals surface area contributed by atoms with Crippen molar-refractivity contribution < 1.29 is 14.3 Å². The minimum Gasteiger partial charge on any atom is -0.444 e. The van der Waals surface area contributed by atoms with Crippen molar-refractivity contribution in [1.82, 2.24) is 24.7 Å². The number of hydrogen-bond acceptors (Lipinski definition) is 6. The van der Waals surface area contributed by atoms with Crippen molar-refractivity contribution in [3.05, 3.63) is 29.6 Å². The summed E-state index contributed by atoms with van der Waals surface area (Å²) in [5, 5.41) is 0. The molecule has 1 saturated carbocycles. The fraction of sp³-hybridized carbons (Fsp3) is 0.625. The van der Waals surface area contributed by atoms with Gasteiger partial charge in [0, 0.05) is 45.8 Å². The molecule has 178 valence electrons. The number of ether oxygens (including phenoxy) is 1. The lowest BCUT2D eigenvalue weighted by molar-refractivity contribution is 0.0126. The lowest BCUT2D eigenvalue weighted by Crippen LogP contribution is -2.52. The number of nitrogens with zero attached hydrogens (tertiary/aromatic N) is 4. The third kappa shape index (κ3) is 4.08. The Labute approximate surface area is 194 Å². The molecule has 2 aromatic rings. The van der Waals surface area contributed by atoms with E-state index in [1.54, 1.807) is 11.0 Å². The van der Waals surface area contributed by atoms with Gasteiger partial charge in [-0.2, -0.15) is 0 Å². The lowest BCUT2D eigenvalue weighted by atomic mass is 9.72. The van der Waals surface area contributed by atoms with Gasteiger partial charge in [-0.25, -0.2) is 9.78 Å². The summed E-state index contributed by atoms with van der Waals surface area (Å²) in [5.74, 6) is 1.21. The van der Waals surface area contributed by atoms with Crippen LogP contribution in [0.3, 0.4) is 0 Å². The molecule has 2 bridgehead atoms. The topological polar surface area (TPSA) is 108 Å². The summed E-state index contributed by atoms with van der Waals surface area (Å²) in [6, 6.07) is 5.53. The first-order valence-corrected chi connectivity index (χ1v) is 11.9. The number of para-hydroxylation sites is 1. The molecule has 4 fully saturated rings. The summed E-state index contributed by atoms with van der Waals surface area (Å²) in [7, 11) is 0. The molecule has 0 radical (unpaired) electrons. The molecule has 0 spiro atoms. The van der Waals surface area contributed by atoms with Gasteiger partial charge in [-0.15, -0.1) is 0 Å². The Morgan fingerprint density at radius 1 is 1.18 bits per heavy atom. The fourth-order valence-electron chi connectivity index (χ4n) is 5.61. The Morgan fingerprint density at radius 2 is 1.91 bits per heavy atom. The van der Waals surface area contributed by atoms with E-state index >= 15 is 0 Å². The number of nitrogens with one attached hydrogen (secondary N) is 1. The Hall–Kier alpha value is -2.65. The highest BCUT2D eigenvalue weighted by Crippen LogP contribution is 2.56. The van der Waals surface area contributed by atoms with Crippen LogP contribution in [0, 0.1) is 5.92 Å². The quantitative estimate of drug-likeness (QED) is 0.717. The smallest absolute Gasteiger partial charge is 0.410 e. The number of piperazine rings is 1. The number of carbonyl (C=O) groups is 2. The van der Waals surface area contributed by atoms with Crippen molar-refractivity contribution in [2.75, 3.05) is 45.8 Å². The van der Waals surface area contributed by atoms with Gasteiger partial charge in [-0.1, -0.05) is 6.07 Å². The van der Waals surface area contributed by atoms with Gasteiger partial charge in [-0.3, -0.25) is 14.6 Å². The molecule has 2 amide bonds. The lowest BCUT2D eigenvalue weighted by Gasteiger charge is -2.42. The molecule has 1 aliphatic carbocycles. The predicted octanol–water partition coefficient (Wildman–Crippen LogP) is 2.14. The van der Waals surface area contributed by atoms with E-state index < -0.39 is 11.5 Å². The largest absolute Gasteiger partial charge is 0.444 e. The average molecular weight is 455 g/mol. The molecule has 3 saturated heterocycles. The first-order valence-electron chi connectivity index (χ1n) is 11.9. The first-order chi connectivity index (χ1) is 15.6. The standard InChI is InChI=1S/C24H34N6O3/c1-23(2,3)33-22(32)29-10-7-28(8-11-29)9-12-30-15-16-13-24(30,14-16)21-26-18-6-4-5-17(20(25)31)19(18)27-21/h4-6,16H,7-15H2,1-3H3,(H2,25,31)(H,26,27). The van der Waals surface area contributed by atoms with Crippen molar-refractivity contribution in [3.8, 4) is 0 Å². The molecule has 1 aromatic heterocycles. The number of H-pyrrole nitrogens is 1. The molecule has 33 heavy (non-hydrogen) atoms. The average Bonchev–Trinajstić information content (AvgIpc) is 3.41. The maximum absolute atomic E-state index is 12.3. The minimum atomic E-state index is -0.464. The van der Waals surface area contributed by atoms with Gasteiger partial charge in [-0.05, 0) is 51.7 Å². The third-order valence-electron chi connectivity index (χ3n) is 7.27. The molecule has 0 unspecified atom stereocenters. The number of fused-ring (bicyclic) bond motifs is 2. The molecule has 0 atom stereocenters. The molecule has 4 aliphatic rings. The Kier molecular flexibility index (Phi) is 5.36. The SMILES string of the molecule is CC(C)(C)OC(=O)N1CCN(CCN2CC3CC2(c2nc4c(C(N)=O)cccc4[nH]2)C3)CC1. The summed E-state index contributed by atoms with van der Waals surface area (Å²) in [6.07, 6.45) is 1.98. The van der Waals surface area contributed by atoms with Gasteiger partial charge >= 0.3 is 6.09 Å². The Bertz CT molecular complexity index is 1060. The van der Waals surface area contributed by atoms with Gasteiger partial charge in [0.25, 0.3) is 5.91 Å². The van der Waals surface area contributed by atoms with Crippen molar-refractivity contribution in [2.45, 2.75) is 44.8 Å². The molecular formula is C24H34N6O3. The number of nitrogens with two attached hydrogens (primary N) is 1. The summed E-state index contributed by atoms with van der Waals surface area (Å²) in [6.45, 7) is 11.8. The van der Waals surface area contributed by atoms with Crippen LogP contribution in [-0.2, 0) is 10.3 Å². The zero-order valence-corrected chi connectivity index (χ0v) is 19.8. The van der Waals surface area contributed by atoms with Crippen LogP contribution < -0.4 is 5.73 Å². The van der Waals surface area contributed by atoms with Gasteiger partial charge in [0.2, 0.25) is 0 Å². The van der Waals surface area contributed by atoms with Crippen LogP contribution in [-0.4, -0.2) is 88.1 Å². The molecular weight excluding hydrogens is 420 g/mol. The van der Waals surface area contributed by atoms with Crippen molar-refractivity contribution in [1.29, 1.82) is 0 Å². The summed E-state index contributed by atoms with van der Waals surface area (Å²) < 4.78 is 5.50. The third-order valence-corrected chi connectivity index (χ3v) is 7.27. The van der Waals surface area contributed by atoms with Crippen LogP contribution in [0.1, 0.15) is 49.8 Å². The second-order valence-electron chi connectivity index (χ2n) is 10.7. The van der Waals surface area contributed by atoms with Crippen molar-refractivity contribution in [3.63, 3.8) is 0 Å². The van der Waals surface area contributed by atoms with Crippen LogP contribution in [0.5, 0.6) is 0 Å². The van der Waals surface area contributed by atoms with E-state index in [0.717, 1.165) is 56.9 Å². The Morgan fingerprint density at radius 3 is 2.58 bits per heavy atom. The zero-order chi connectivity index (χ0) is 23.4. The molecule has 1 aromatic carbocycles. The normalized spacial score (nSPS) is 25.9. The van der Waals surface area contributed by atoms with E-state index in [1.165, 1.54) is 0 Å². The van der Waals surface area contributed by atoms with Gasteiger partial charge in [0.15, 0.2) is 0 Å². The zero-order valence-electron chi connectivity index (χ0n) is 19.8. The van der Waals surface area contributed by atoms with E-state index in [4.69, 9.17) is 15.5 Å². The number of imidazole rings is 1. The number of primary amides is 1.